The maximum Gasteiger partial charge on any atom is 0.336 e. The normalized spacial score (nSPS) is 20.5. The summed E-state index contributed by atoms with van der Waals surface area (Å²) in [5.74, 6) is 0.211. The number of phenolic OH excluding ortho intramolecular Hbond substituents is 1. The quantitative estimate of drug-likeness (QED) is 0.693. The number of hydrogen-bond donors (Lipinski definition) is 1. The second kappa shape index (κ2) is 4.91. The number of carbonyl (C=O) groups excluding carboxylic acids is 1. The summed E-state index contributed by atoms with van der Waals surface area (Å²) in [6, 6.07) is 4.51. The van der Waals surface area contributed by atoms with Crippen LogP contribution in [0.4, 0.5) is 0 Å². The van der Waals surface area contributed by atoms with Crippen molar-refractivity contribution in [2.24, 2.45) is 11.8 Å². The summed E-state index contributed by atoms with van der Waals surface area (Å²) in [5, 5.41) is 10.3. The van der Waals surface area contributed by atoms with Crippen molar-refractivity contribution < 1.29 is 19.1 Å². The van der Waals surface area contributed by atoms with Crippen LogP contribution in [0.2, 0.25) is 0 Å². The van der Waals surface area contributed by atoms with E-state index in [0.717, 1.165) is 6.42 Å². The first kappa shape index (κ1) is 13.7. The Balaban J connectivity index is 1.93. The van der Waals surface area contributed by atoms with E-state index >= 15 is 0 Å². The molecule has 2 atom stereocenters. The zero-order valence-electron chi connectivity index (χ0n) is 11.9. The summed E-state index contributed by atoms with van der Waals surface area (Å²) in [7, 11) is 0. The van der Waals surface area contributed by atoms with Crippen molar-refractivity contribution in [1.82, 2.24) is 0 Å². The number of aryl methyl sites for hydroxylation is 1. The van der Waals surface area contributed by atoms with E-state index < -0.39 is 5.63 Å². The van der Waals surface area contributed by atoms with E-state index in [2.05, 4.69) is 0 Å². The van der Waals surface area contributed by atoms with Crippen molar-refractivity contribution in [2.75, 3.05) is 0 Å². The Morgan fingerprint density at radius 1 is 1.48 bits per heavy atom. The highest BCUT2D eigenvalue weighted by Crippen LogP contribution is 2.39. The molecule has 0 unspecified atom stereocenters. The van der Waals surface area contributed by atoms with Gasteiger partial charge in [0.1, 0.15) is 17.9 Å². The van der Waals surface area contributed by atoms with Crippen LogP contribution in [0.3, 0.4) is 0 Å². The van der Waals surface area contributed by atoms with Crippen LogP contribution in [0, 0.1) is 18.8 Å². The Labute approximate surface area is 121 Å². The van der Waals surface area contributed by atoms with Gasteiger partial charge in [0.15, 0.2) is 0 Å². The molecule has 0 aliphatic heterocycles. The number of aromatic hydroxyl groups is 1. The van der Waals surface area contributed by atoms with E-state index in [-0.39, 0.29) is 24.2 Å². The first-order chi connectivity index (χ1) is 9.97. The Morgan fingerprint density at radius 2 is 2.19 bits per heavy atom. The fraction of sp³-hybridized carbons (Fsp3) is 0.375. The number of benzene rings is 1. The third-order valence-corrected chi connectivity index (χ3v) is 4.00. The monoisotopic (exact) mass is 288 g/mol. The van der Waals surface area contributed by atoms with Crippen LogP contribution in [0.15, 0.2) is 27.4 Å². The maximum atomic E-state index is 11.8. The highest BCUT2D eigenvalue weighted by atomic mass is 16.5. The molecule has 0 spiro atoms. The van der Waals surface area contributed by atoms with E-state index in [1.165, 1.54) is 12.1 Å². The highest BCUT2D eigenvalue weighted by molar-refractivity contribution is 5.85. The van der Waals surface area contributed by atoms with E-state index in [0.29, 0.717) is 28.0 Å². The Hall–Kier alpha value is -2.30. The van der Waals surface area contributed by atoms with Crippen LogP contribution in [0.1, 0.15) is 24.5 Å². The summed E-state index contributed by atoms with van der Waals surface area (Å²) in [5.41, 5.74) is 0.884. The lowest BCUT2D eigenvalue weighted by Gasteiger charge is -2.09. The number of phenols is 1. The third-order valence-electron chi connectivity index (χ3n) is 4.00. The SMILES string of the molecule is Cc1c(O)ccc2c(COC(=O)[C@@H]3C[C@@H]3C)cc(=O)oc12. The summed E-state index contributed by atoms with van der Waals surface area (Å²) in [4.78, 5) is 23.4. The zero-order chi connectivity index (χ0) is 15.1. The molecule has 1 aliphatic carbocycles. The minimum absolute atomic E-state index is 0.0119. The number of hydrogen-bond acceptors (Lipinski definition) is 5. The third kappa shape index (κ3) is 2.51. The molecule has 0 bridgehead atoms. The standard InChI is InChI=1S/C16H16O5/c1-8-5-12(8)16(19)20-7-10-6-14(18)21-15-9(2)13(17)4-3-11(10)15/h3-4,6,8,12,17H,5,7H2,1-2H3/t8-,12+/m0/s1. The van der Waals surface area contributed by atoms with E-state index in [1.807, 2.05) is 6.92 Å². The predicted octanol–water partition coefficient (Wildman–Crippen LogP) is 2.51. The van der Waals surface area contributed by atoms with Gasteiger partial charge >= 0.3 is 11.6 Å². The van der Waals surface area contributed by atoms with Crippen molar-refractivity contribution in [2.45, 2.75) is 26.9 Å². The topological polar surface area (TPSA) is 76.7 Å². The molecule has 1 aliphatic rings. The van der Waals surface area contributed by atoms with Crippen LogP contribution in [0.5, 0.6) is 5.75 Å². The molecule has 1 saturated carbocycles. The van der Waals surface area contributed by atoms with Gasteiger partial charge in [0.05, 0.1) is 5.92 Å². The van der Waals surface area contributed by atoms with Gasteiger partial charge < -0.3 is 14.3 Å². The number of ether oxygens (including phenoxy) is 1. The molecule has 2 aromatic rings. The largest absolute Gasteiger partial charge is 0.508 e. The summed E-state index contributed by atoms with van der Waals surface area (Å²) in [6.07, 6.45) is 0.865. The van der Waals surface area contributed by atoms with Crippen molar-refractivity contribution in [1.29, 1.82) is 0 Å². The fourth-order valence-electron chi connectivity index (χ4n) is 2.44. The minimum Gasteiger partial charge on any atom is -0.508 e. The van der Waals surface area contributed by atoms with Gasteiger partial charge in [-0.25, -0.2) is 4.79 Å². The molecule has 1 fully saturated rings. The van der Waals surface area contributed by atoms with Crippen LogP contribution < -0.4 is 5.63 Å². The number of fused-ring (bicyclic) bond motifs is 1. The van der Waals surface area contributed by atoms with Gasteiger partial charge in [-0.05, 0) is 31.4 Å². The maximum absolute atomic E-state index is 11.8. The van der Waals surface area contributed by atoms with Gasteiger partial charge in [0.2, 0.25) is 0 Å². The smallest absolute Gasteiger partial charge is 0.336 e. The van der Waals surface area contributed by atoms with Crippen LogP contribution >= 0.6 is 0 Å². The molecule has 3 rings (SSSR count). The van der Waals surface area contributed by atoms with Crippen molar-refractivity contribution in [3.8, 4) is 5.75 Å². The highest BCUT2D eigenvalue weighted by Gasteiger charge is 2.40. The summed E-state index contributed by atoms with van der Waals surface area (Å²) in [6.45, 7) is 3.71. The number of rotatable bonds is 3. The average Bonchev–Trinajstić information content (AvgIpc) is 3.17. The fourth-order valence-corrected chi connectivity index (χ4v) is 2.44. The molecule has 0 radical (unpaired) electrons. The Morgan fingerprint density at radius 3 is 2.86 bits per heavy atom. The van der Waals surface area contributed by atoms with Crippen molar-refractivity contribution >= 4 is 16.9 Å². The lowest BCUT2D eigenvalue weighted by molar-refractivity contribution is -0.146. The molecule has 1 aromatic heterocycles. The second-order valence-corrected chi connectivity index (χ2v) is 5.60. The molecule has 1 N–H and O–H groups in total. The zero-order valence-corrected chi connectivity index (χ0v) is 11.9. The molecule has 5 heteroatoms. The lowest BCUT2D eigenvalue weighted by Crippen LogP contribution is -2.10. The van der Waals surface area contributed by atoms with E-state index in [4.69, 9.17) is 9.15 Å². The van der Waals surface area contributed by atoms with Crippen LogP contribution in [-0.4, -0.2) is 11.1 Å². The van der Waals surface area contributed by atoms with Crippen LogP contribution in [0.25, 0.3) is 11.0 Å². The Kier molecular flexibility index (Phi) is 3.20. The molecule has 1 heterocycles. The Bertz CT molecular complexity index is 774. The molecule has 110 valence electrons. The van der Waals surface area contributed by atoms with Gasteiger partial charge in [-0.2, -0.15) is 0 Å². The van der Waals surface area contributed by atoms with Crippen molar-refractivity contribution in [3.63, 3.8) is 0 Å². The van der Waals surface area contributed by atoms with Gasteiger partial charge in [0.25, 0.3) is 0 Å². The van der Waals surface area contributed by atoms with Gasteiger partial charge in [0, 0.05) is 22.6 Å². The molecule has 1 aromatic carbocycles. The molecular formula is C16H16O5. The number of carbonyl (C=O) groups is 1. The minimum atomic E-state index is -0.526. The van der Waals surface area contributed by atoms with Crippen LogP contribution in [-0.2, 0) is 16.1 Å². The summed E-state index contributed by atoms with van der Waals surface area (Å²) < 4.78 is 10.4. The van der Waals surface area contributed by atoms with Gasteiger partial charge in [-0.3, -0.25) is 4.79 Å². The molecule has 0 saturated heterocycles. The van der Waals surface area contributed by atoms with E-state index in [1.54, 1.807) is 13.0 Å². The van der Waals surface area contributed by atoms with E-state index in [9.17, 15) is 14.7 Å². The first-order valence-corrected chi connectivity index (χ1v) is 6.89. The van der Waals surface area contributed by atoms with Crippen molar-refractivity contribution in [3.05, 3.63) is 39.7 Å². The second-order valence-electron chi connectivity index (χ2n) is 5.60. The summed E-state index contributed by atoms with van der Waals surface area (Å²) >= 11 is 0. The molecule has 21 heavy (non-hydrogen) atoms. The first-order valence-electron chi connectivity index (χ1n) is 6.89. The molecular weight excluding hydrogens is 272 g/mol. The molecule has 0 amide bonds. The predicted molar refractivity (Wildman–Crippen MR) is 76.0 cm³/mol. The van der Waals surface area contributed by atoms with Gasteiger partial charge in [-0.1, -0.05) is 6.92 Å². The lowest BCUT2D eigenvalue weighted by atomic mass is 10.1. The number of esters is 1. The molecule has 5 nitrogen and oxygen atoms in total. The van der Waals surface area contributed by atoms with Gasteiger partial charge in [-0.15, -0.1) is 0 Å². The average molecular weight is 288 g/mol.